The Kier molecular flexibility index (Phi) is 8.67. The van der Waals surface area contributed by atoms with Crippen LogP contribution in [0.4, 0.5) is 0 Å². The van der Waals surface area contributed by atoms with E-state index >= 15 is 0 Å². The second-order valence-corrected chi connectivity index (χ2v) is 10.6. The van der Waals surface area contributed by atoms with Crippen molar-refractivity contribution in [3.63, 3.8) is 0 Å². The van der Waals surface area contributed by atoms with E-state index in [1.165, 1.54) is 64.2 Å². The standard InChI is InChI=1S/2C12H19.Zr/c2*1-4-7-10-8-11(5-2)12(6-3)9-10;/h2*4-8H2,1-3H3;. The maximum absolute atomic E-state index is 2.39. The molecule has 0 aromatic carbocycles. The molecule has 0 aliphatic heterocycles. The zero-order valence-electron chi connectivity index (χ0n) is 17.6. The topological polar surface area (TPSA) is 0 Å². The van der Waals surface area contributed by atoms with Gasteiger partial charge in [-0.15, -0.1) is 0 Å². The predicted molar refractivity (Wildman–Crippen MR) is 108 cm³/mol. The molecule has 0 aromatic rings. The van der Waals surface area contributed by atoms with E-state index in [0.29, 0.717) is 0 Å². The average molecular weight is 418 g/mol. The fourth-order valence-corrected chi connectivity index (χ4v) is 9.71. The third kappa shape index (κ3) is 4.58. The van der Waals surface area contributed by atoms with Gasteiger partial charge in [0.15, 0.2) is 0 Å². The van der Waals surface area contributed by atoms with Crippen LogP contribution in [0.3, 0.4) is 0 Å². The molecule has 0 unspecified atom stereocenters. The molecule has 0 bridgehead atoms. The number of allylic oxidation sites excluding steroid dienone is 8. The van der Waals surface area contributed by atoms with Gasteiger partial charge in [-0.2, -0.15) is 0 Å². The molecule has 0 saturated carbocycles. The van der Waals surface area contributed by atoms with Crippen molar-refractivity contribution in [3.8, 4) is 0 Å². The fourth-order valence-electron chi connectivity index (χ4n) is 4.70. The molecule has 25 heavy (non-hydrogen) atoms. The van der Waals surface area contributed by atoms with Crippen LogP contribution in [0.1, 0.15) is 106 Å². The van der Waals surface area contributed by atoms with Crippen molar-refractivity contribution in [1.29, 1.82) is 0 Å². The Morgan fingerprint density at radius 2 is 0.960 bits per heavy atom. The summed E-state index contributed by atoms with van der Waals surface area (Å²) < 4.78 is 3.83. The Hall–Kier alpha value is -0.157. The normalized spacial score (nSPS) is 18.3. The van der Waals surface area contributed by atoms with Gasteiger partial charge in [0.2, 0.25) is 0 Å². The minimum absolute atomic E-state index is 0.675. The van der Waals surface area contributed by atoms with Crippen LogP contribution in [-0.4, -0.2) is 0 Å². The molecule has 0 spiro atoms. The van der Waals surface area contributed by atoms with E-state index in [1.54, 1.807) is 22.3 Å². The third-order valence-corrected chi connectivity index (χ3v) is 10.4. The summed E-state index contributed by atoms with van der Waals surface area (Å²) in [6.07, 6.45) is 13.0. The molecule has 0 amide bonds. The van der Waals surface area contributed by atoms with Gasteiger partial charge in [-0.05, 0) is 0 Å². The molecular formula is C24H38Zr. The molecule has 0 atom stereocenters. The summed E-state index contributed by atoms with van der Waals surface area (Å²) in [4.78, 5) is 0. The van der Waals surface area contributed by atoms with Crippen LogP contribution < -0.4 is 0 Å². The van der Waals surface area contributed by atoms with Crippen molar-refractivity contribution >= 4 is 0 Å². The average Bonchev–Trinajstić information content (AvgIpc) is 3.13. The summed E-state index contributed by atoms with van der Waals surface area (Å²) in [6.45, 7) is 14.2. The van der Waals surface area contributed by atoms with E-state index in [-0.39, 0.29) is 0 Å². The van der Waals surface area contributed by atoms with Crippen LogP contribution >= 0.6 is 0 Å². The Labute approximate surface area is 168 Å². The molecule has 0 nitrogen and oxygen atoms in total. The van der Waals surface area contributed by atoms with Crippen molar-refractivity contribution in [2.45, 2.75) is 106 Å². The predicted octanol–water partition coefficient (Wildman–Crippen LogP) is 8.22. The van der Waals surface area contributed by atoms with Crippen LogP contribution in [0, 0.1) is 0 Å². The molecule has 2 aliphatic carbocycles. The van der Waals surface area contributed by atoms with E-state index in [1.807, 2.05) is 17.7 Å². The van der Waals surface area contributed by atoms with Crippen LogP contribution in [0.5, 0.6) is 0 Å². The molecule has 0 heterocycles. The van der Waals surface area contributed by atoms with Gasteiger partial charge in [-0.3, -0.25) is 0 Å². The second-order valence-electron chi connectivity index (χ2n) is 7.51. The van der Waals surface area contributed by atoms with Crippen molar-refractivity contribution in [1.82, 2.24) is 0 Å². The first-order chi connectivity index (χ1) is 12.1. The molecule has 0 fully saturated rings. The summed E-state index contributed by atoms with van der Waals surface area (Å²) in [6, 6.07) is 0. The molecule has 0 N–H and O–H groups in total. The second kappa shape index (κ2) is 10.2. The van der Waals surface area contributed by atoms with Crippen LogP contribution in [0.25, 0.3) is 0 Å². The zero-order chi connectivity index (χ0) is 18.4. The Bertz CT molecular complexity index is 556. The first-order valence-corrected chi connectivity index (χ1v) is 13.2. The van der Waals surface area contributed by atoms with Crippen molar-refractivity contribution in [2.24, 2.45) is 0 Å². The van der Waals surface area contributed by atoms with Gasteiger partial charge < -0.3 is 0 Å². The first-order valence-electron chi connectivity index (χ1n) is 10.8. The molecule has 0 radical (unpaired) electrons. The summed E-state index contributed by atoms with van der Waals surface area (Å²) in [5, 5.41) is 0. The van der Waals surface area contributed by atoms with E-state index in [4.69, 9.17) is 0 Å². The third-order valence-electron chi connectivity index (χ3n) is 5.93. The molecule has 2 rings (SSSR count). The zero-order valence-corrected chi connectivity index (χ0v) is 20.0. The number of hydrogen-bond acceptors (Lipinski definition) is 0. The quantitative estimate of drug-likeness (QED) is 0.336. The minimum atomic E-state index is -0.675. The molecule has 1 heteroatoms. The summed E-state index contributed by atoms with van der Waals surface area (Å²) in [5.74, 6) is 0. The number of hydrogen-bond donors (Lipinski definition) is 0. The van der Waals surface area contributed by atoms with Crippen molar-refractivity contribution in [3.05, 3.63) is 40.0 Å². The van der Waals surface area contributed by atoms with E-state index in [2.05, 4.69) is 41.5 Å². The van der Waals surface area contributed by atoms with Gasteiger partial charge in [-0.25, -0.2) is 0 Å². The van der Waals surface area contributed by atoms with Crippen LogP contribution in [0.2, 0.25) is 0 Å². The van der Waals surface area contributed by atoms with Gasteiger partial charge >= 0.3 is 169 Å². The van der Waals surface area contributed by atoms with Gasteiger partial charge in [0.25, 0.3) is 0 Å². The summed E-state index contributed by atoms with van der Waals surface area (Å²) in [5.41, 5.74) is 10.8. The fraction of sp³-hybridized carbons (Fsp3) is 0.667. The molecule has 2 aliphatic rings. The molecular weight excluding hydrogens is 379 g/mol. The van der Waals surface area contributed by atoms with Crippen LogP contribution in [-0.2, 0) is 23.2 Å². The van der Waals surface area contributed by atoms with Gasteiger partial charge in [0.1, 0.15) is 0 Å². The van der Waals surface area contributed by atoms with Crippen molar-refractivity contribution in [2.75, 3.05) is 0 Å². The molecule has 138 valence electrons. The van der Waals surface area contributed by atoms with Gasteiger partial charge in [0, 0.05) is 0 Å². The van der Waals surface area contributed by atoms with E-state index < -0.39 is 23.2 Å². The Morgan fingerprint density at radius 1 is 0.560 bits per heavy atom. The van der Waals surface area contributed by atoms with Gasteiger partial charge in [-0.1, -0.05) is 0 Å². The number of rotatable bonds is 10. The van der Waals surface area contributed by atoms with E-state index in [9.17, 15) is 0 Å². The van der Waals surface area contributed by atoms with Crippen LogP contribution in [0.15, 0.2) is 40.0 Å². The van der Waals surface area contributed by atoms with Gasteiger partial charge in [0.05, 0.1) is 0 Å². The Balaban J connectivity index is 2.44. The van der Waals surface area contributed by atoms with Crippen molar-refractivity contribution < 1.29 is 23.2 Å². The Morgan fingerprint density at radius 3 is 1.24 bits per heavy atom. The molecule has 0 saturated heterocycles. The molecule has 0 aromatic heterocycles. The maximum atomic E-state index is 2.39. The monoisotopic (exact) mass is 416 g/mol. The first kappa shape index (κ1) is 21.1. The summed E-state index contributed by atoms with van der Waals surface area (Å²) >= 11 is -0.675. The summed E-state index contributed by atoms with van der Waals surface area (Å²) in [7, 11) is 0. The van der Waals surface area contributed by atoms with E-state index in [0.717, 1.165) is 0 Å². The SMILES string of the molecule is CCCC1=[C]([Zr][C]2=C(CCC)CC(CC)=C2CC)C(CC)=C(CC)C1.